The van der Waals surface area contributed by atoms with E-state index >= 15 is 0 Å². The van der Waals surface area contributed by atoms with E-state index in [1.807, 2.05) is 0 Å². The summed E-state index contributed by atoms with van der Waals surface area (Å²) in [5.74, 6) is -0.572. The van der Waals surface area contributed by atoms with Gasteiger partial charge in [-0.05, 0) is 38.1 Å². The third-order valence-electron chi connectivity index (χ3n) is 3.11. The van der Waals surface area contributed by atoms with E-state index in [4.69, 9.17) is 0 Å². The molecule has 1 aliphatic rings. The summed E-state index contributed by atoms with van der Waals surface area (Å²) >= 11 is 0. The van der Waals surface area contributed by atoms with Crippen LogP contribution in [0.15, 0.2) is 23.5 Å². The standard InChI is InChI=1S/C13H15F4N3O/c14-10-1-2-11(19-7-10)12(9-3-5-18-6-4-9)20-21-8-13(15,16)17/h1-2,7,9,18H,3-6,8H2/b20-12-. The zero-order valence-corrected chi connectivity index (χ0v) is 11.2. The normalized spacial score (nSPS) is 17.8. The summed E-state index contributed by atoms with van der Waals surface area (Å²) < 4.78 is 49.3. The van der Waals surface area contributed by atoms with Crippen LogP contribution in [0.4, 0.5) is 17.6 Å². The summed E-state index contributed by atoms with van der Waals surface area (Å²) in [6.45, 7) is 0.0248. The van der Waals surface area contributed by atoms with Crippen molar-refractivity contribution >= 4 is 5.71 Å². The Balaban J connectivity index is 2.16. The van der Waals surface area contributed by atoms with Crippen LogP contribution < -0.4 is 5.32 Å². The highest BCUT2D eigenvalue weighted by molar-refractivity contribution is 6.00. The molecule has 2 rings (SSSR count). The van der Waals surface area contributed by atoms with E-state index in [0.29, 0.717) is 24.2 Å². The second kappa shape index (κ2) is 6.84. The van der Waals surface area contributed by atoms with Gasteiger partial charge in [-0.1, -0.05) is 5.16 Å². The van der Waals surface area contributed by atoms with E-state index in [1.54, 1.807) is 0 Å². The Morgan fingerprint density at radius 3 is 2.62 bits per heavy atom. The van der Waals surface area contributed by atoms with E-state index in [-0.39, 0.29) is 5.92 Å². The minimum atomic E-state index is -4.45. The first-order chi connectivity index (χ1) is 9.96. The van der Waals surface area contributed by atoms with Crippen LogP contribution in [0.25, 0.3) is 0 Å². The molecule has 0 atom stereocenters. The number of pyridine rings is 1. The van der Waals surface area contributed by atoms with Crippen molar-refractivity contribution in [2.75, 3.05) is 19.7 Å². The molecule has 0 spiro atoms. The molecule has 1 fully saturated rings. The number of nitrogens with one attached hydrogen (secondary N) is 1. The van der Waals surface area contributed by atoms with Crippen LogP contribution in [0.1, 0.15) is 18.5 Å². The Kier molecular flexibility index (Phi) is 5.11. The van der Waals surface area contributed by atoms with Crippen molar-refractivity contribution in [1.82, 2.24) is 10.3 Å². The van der Waals surface area contributed by atoms with Crippen molar-refractivity contribution in [3.63, 3.8) is 0 Å². The zero-order valence-electron chi connectivity index (χ0n) is 11.2. The third kappa shape index (κ3) is 4.96. The summed E-state index contributed by atoms with van der Waals surface area (Å²) in [7, 11) is 0. The molecule has 0 bridgehead atoms. The second-order valence-electron chi connectivity index (χ2n) is 4.75. The largest absolute Gasteiger partial charge is 0.425 e. The average molecular weight is 305 g/mol. The molecule has 1 N–H and O–H groups in total. The van der Waals surface area contributed by atoms with Gasteiger partial charge in [-0.3, -0.25) is 4.98 Å². The van der Waals surface area contributed by atoms with Crippen molar-refractivity contribution < 1.29 is 22.4 Å². The number of hydrogen-bond acceptors (Lipinski definition) is 4. The highest BCUT2D eigenvalue weighted by atomic mass is 19.4. The first-order valence-corrected chi connectivity index (χ1v) is 6.55. The van der Waals surface area contributed by atoms with Crippen molar-refractivity contribution in [3.05, 3.63) is 29.8 Å². The Labute approximate surface area is 119 Å². The maximum atomic E-state index is 12.9. The molecule has 0 amide bonds. The van der Waals surface area contributed by atoms with E-state index < -0.39 is 18.6 Å². The zero-order chi connectivity index (χ0) is 15.3. The molecule has 21 heavy (non-hydrogen) atoms. The molecule has 0 aromatic carbocycles. The van der Waals surface area contributed by atoms with E-state index in [2.05, 4.69) is 20.3 Å². The predicted molar refractivity (Wildman–Crippen MR) is 68.3 cm³/mol. The number of piperidine rings is 1. The molecule has 0 saturated carbocycles. The molecule has 1 aromatic rings. The Bertz CT molecular complexity index is 481. The minimum absolute atomic E-state index is 0.0579. The Morgan fingerprint density at radius 2 is 2.05 bits per heavy atom. The molecule has 8 heteroatoms. The van der Waals surface area contributed by atoms with Crippen molar-refractivity contribution in [2.45, 2.75) is 19.0 Å². The number of rotatable bonds is 4. The molecular formula is C13H15F4N3O. The number of nitrogens with zero attached hydrogens (tertiary/aromatic N) is 2. The lowest BCUT2D eigenvalue weighted by Crippen LogP contribution is -2.33. The lowest BCUT2D eigenvalue weighted by atomic mass is 9.91. The molecule has 0 unspecified atom stereocenters. The summed E-state index contributed by atoms with van der Waals surface area (Å²) in [4.78, 5) is 8.29. The van der Waals surface area contributed by atoms with Gasteiger partial charge in [-0.2, -0.15) is 13.2 Å². The summed E-state index contributed by atoms with van der Waals surface area (Å²) in [6, 6.07) is 2.59. The van der Waals surface area contributed by atoms with Crippen molar-refractivity contribution in [3.8, 4) is 0 Å². The van der Waals surface area contributed by atoms with Gasteiger partial charge in [0, 0.05) is 5.92 Å². The van der Waals surface area contributed by atoms with Crippen molar-refractivity contribution in [2.24, 2.45) is 11.1 Å². The summed E-state index contributed by atoms with van der Waals surface area (Å²) in [5.41, 5.74) is 0.672. The minimum Gasteiger partial charge on any atom is -0.386 e. The molecule has 4 nitrogen and oxygen atoms in total. The van der Waals surface area contributed by atoms with Gasteiger partial charge in [-0.15, -0.1) is 0 Å². The van der Waals surface area contributed by atoms with Crippen LogP contribution >= 0.6 is 0 Å². The number of alkyl halides is 3. The van der Waals surface area contributed by atoms with Crippen LogP contribution in [0.5, 0.6) is 0 Å². The SMILES string of the molecule is Fc1ccc(/C(=N\OCC(F)(F)F)C2CCNCC2)nc1. The van der Waals surface area contributed by atoms with E-state index in [9.17, 15) is 17.6 Å². The number of oxime groups is 1. The molecule has 0 aliphatic carbocycles. The Hall–Kier alpha value is -1.70. The molecular weight excluding hydrogens is 290 g/mol. The lowest BCUT2D eigenvalue weighted by molar-refractivity contribution is -0.173. The monoisotopic (exact) mass is 305 g/mol. The quantitative estimate of drug-likeness (QED) is 0.528. The van der Waals surface area contributed by atoms with Gasteiger partial charge in [0.05, 0.1) is 11.9 Å². The van der Waals surface area contributed by atoms with Gasteiger partial charge in [0.15, 0.2) is 0 Å². The predicted octanol–water partition coefficient (Wildman–Crippen LogP) is 2.50. The van der Waals surface area contributed by atoms with Gasteiger partial charge in [0.2, 0.25) is 6.61 Å². The molecule has 1 saturated heterocycles. The van der Waals surface area contributed by atoms with Crippen LogP contribution in [-0.2, 0) is 4.84 Å². The highest BCUT2D eigenvalue weighted by Gasteiger charge is 2.29. The Morgan fingerprint density at radius 1 is 1.33 bits per heavy atom. The first kappa shape index (κ1) is 15.7. The van der Waals surface area contributed by atoms with Gasteiger partial charge >= 0.3 is 6.18 Å². The molecule has 2 heterocycles. The van der Waals surface area contributed by atoms with Crippen LogP contribution in [0.3, 0.4) is 0 Å². The smallest absolute Gasteiger partial charge is 0.386 e. The lowest BCUT2D eigenvalue weighted by Gasteiger charge is -2.23. The summed E-state index contributed by atoms with van der Waals surface area (Å²) in [5, 5.41) is 6.77. The number of aromatic nitrogens is 1. The molecule has 1 aliphatic heterocycles. The molecule has 116 valence electrons. The van der Waals surface area contributed by atoms with E-state index in [0.717, 1.165) is 19.3 Å². The van der Waals surface area contributed by atoms with Crippen LogP contribution in [0.2, 0.25) is 0 Å². The second-order valence-corrected chi connectivity index (χ2v) is 4.75. The maximum Gasteiger partial charge on any atom is 0.425 e. The van der Waals surface area contributed by atoms with Crippen LogP contribution in [-0.4, -0.2) is 36.6 Å². The molecule has 1 aromatic heterocycles. The van der Waals surface area contributed by atoms with Gasteiger partial charge in [0.1, 0.15) is 11.5 Å². The average Bonchev–Trinajstić information content (AvgIpc) is 2.45. The topological polar surface area (TPSA) is 46.5 Å². The van der Waals surface area contributed by atoms with Crippen LogP contribution in [0, 0.1) is 11.7 Å². The van der Waals surface area contributed by atoms with Gasteiger partial charge in [0.25, 0.3) is 0 Å². The van der Waals surface area contributed by atoms with Gasteiger partial charge < -0.3 is 10.2 Å². The highest BCUT2D eigenvalue weighted by Crippen LogP contribution is 2.20. The number of halogens is 4. The number of hydrogen-bond donors (Lipinski definition) is 1. The third-order valence-corrected chi connectivity index (χ3v) is 3.11. The molecule has 0 radical (unpaired) electrons. The maximum absolute atomic E-state index is 12.9. The fourth-order valence-electron chi connectivity index (χ4n) is 2.13. The fourth-order valence-corrected chi connectivity index (χ4v) is 2.13. The summed E-state index contributed by atoms with van der Waals surface area (Å²) in [6.07, 6.45) is -2.00. The van der Waals surface area contributed by atoms with Gasteiger partial charge in [-0.25, -0.2) is 4.39 Å². The van der Waals surface area contributed by atoms with Crippen molar-refractivity contribution in [1.29, 1.82) is 0 Å². The van der Waals surface area contributed by atoms with E-state index in [1.165, 1.54) is 12.1 Å². The fraction of sp³-hybridized carbons (Fsp3) is 0.538. The first-order valence-electron chi connectivity index (χ1n) is 6.55.